The summed E-state index contributed by atoms with van der Waals surface area (Å²) in [5, 5.41) is 0. The Morgan fingerprint density at radius 3 is 2.50 bits per heavy atom. The number of carbonyl (C=O) groups excluding carboxylic acids is 1. The minimum atomic E-state index is -0.638. The van der Waals surface area contributed by atoms with Gasteiger partial charge >= 0.3 is 6.03 Å². The molecule has 0 aliphatic heterocycles. The number of nitrogens with two attached hydrogens (primary N) is 1. The van der Waals surface area contributed by atoms with Crippen LogP contribution >= 0.6 is 11.8 Å². The van der Waals surface area contributed by atoms with Gasteiger partial charge in [-0.1, -0.05) is 30.3 Å². The fraction of sp³-hybridized carbons (Fsp3) is 0.125. The summed E-state index contributed by atoms with van der Waals surface area (Å²) in [5.41, 5.74) is 5.89. The molecule has 2 N–H and O–H groups in total. The largest absolute Gasteiger partial charge is 0.350 e. The van der Waals surface area contributed by atoms with E-state index in [1.165, 1.54) is 0 Å². The molecule has 1 aromatic carbocycles. The lowest BCUT2D eigenvalue weighted by Gasteiger charge is -2.09. The first-order valence-electron chi connectivity index (χ1n) is 3.47. The van der Waals surface area contributed by atoms with Gasteiger partial charge in [0.05, 0.1) is 6.54 Å². The zero-order valence-electron chi connectivity index (χ0n) is 6.40. The lowest BCUT2D eigenvalue weighted by atomic mass is 10.2. The molecule has 2 amide bonds. The van der Waals surface area contributed by atoms with Crippen molar-refractivity contribution in [2.24, 2.45) is 5.73 Å². The molecule has 1 rings (SSSR count). The van der Waals surface area contributed by atoms with Crippen LogP contribution in [0.5, 0.6) is 0 Å². The number of hydrogen-bond donors (Lipinski definition) is 1. The molecular weight excluding hydrogens is 176 g/mol. The predicted molar refractivity (Wildman–Crippen MR) is 47.4 cm³/mol. The van der Waals surface area contributed by atoms with Crippen LogP contribution in [0, 0.1) is 0 Å². The van der Waals surface area contributed by atoms with Gasteiger partial charge < -0.3 is 5.73 Å². The maximum Gasteiger partial charge on any atom is 0.329 e. The van der Waals surface area contributed by atoms with E-state index in [1.807, 2.05) is 30.3 Å². The van der Waals surface area contributed by atoms with Crippen molar-refractivity contribution < 1.29 is 4.79 Å². The Balaban J connectivity index is 2.58. The van der Waals surface area contributed by atoms with Gasteiger partial charge in [-0.2, -0.15) is 0 Å². The number of benzene rings is 1. The van der Waals surface area contributed by atoms with Crippen LogP contribution in [0.3, 0.4) is 0 Å². The van der Waals surface area contributed by atoms with E-state index in [0.717, 1.165) is 9.98 Å². The molecule has 64 valence electrons. The molecule has 4 heteroatoms. The number of urea groups is 1. The van der Waals surface area contributed by atoms with Crippen molar-refractivity contribution in [1.82, 2.24) is 4.42 Å². The highest BCUT2D eigenvalue weighted by molar-refractivity contribution is 6.20. The van der Waals surface area contributed by atoms with E-state index in [-0.39, 0.29) is 0 Å². The van der Waals surface area contributed by atoms with Crippen LogP contribution in [0.1, 0.15) is 5.56 Å². The molecule has 0 unspecified atom stereocenters. The standard InChI is InChI=1S/C8H9ClN2O/c9-11(8(10)12)6-7-4-2-1-3-5-7/h1-5H,6H2,(H2,10,12). The highest BCUT2D eigenvalue weighted by Gasteiger charge is 2.05. The summed E-state index contributed by atoms with van der Waals surface area (Å²) in [5.74, 6) is 0. The molecule has 0 atom stereocenters. The Bertz CT molecular complexity index is 263. The average Bonchev–Trinajstić information content (AvgIpc) is 2.06. The summed E-state index contributed by atoms with van der Waals surface area (Å²) in [6.07, 6.45) is 0. The highest BCUT2D eigenvalue weighted by Crippen LogP contribution is 2.05. The number of amides is 2. The van der Waals surface area contributed by atoms with E-state index in [0.29, 0.717) is 6.54 Å². The lowest BCUT2D eigenvalue weighted by molar-refractivity contribution is 0.232. The van der Waals surface area contributed by atoms with Crippen molar-refractivity contribution in [2.45, 2.75) is 6.54 Å². The van der Waals surface area contributed by atoms with Crippen LogP contribution in [-0.4, -0.2) is 10.5 Å². The summed E-state index contributed by atoms with van der Waals surface area (Å²) in [4.78, 5) is 10.5. The van der Waals surface area contributed by atoms with Gasteiger partial charge in [0.25, 0.3) is 0 Å². The molecule has 0 aliphatic carbocycles. The van der Waals surface area contributed by atoms with Gasteiger partial charge in [0.15, 0.2) is 0 Å². The fourth-order valence-electron chi connectivity index (χ4n) is 0.822. The molecule has 0 fully saturated rings. The van der Waals surface area contributed by atoms with Crippen LogP contribution < -0.4 is 5.73 Å². The van der Waals surface area contributed by atoms with Crippen molar-refractivity contribution >= 4 is 17.8 Å². The number of nitrogens with zero attached hydrogens (tertiary/aromatic N) is 1. The van der Waals surface area contributed by atoms with E-state index in [1.54, 1.807) is 0 Å². The summed E-state index contributed by atoms with van der Waals surface area (Å²) in [6, 6.07) is 8.76. The molecule has 3 nitrogen and oxygen atoms in total. The first-order chi connectivity index (χ1) is 5.70. The Morgan fingerprint density at radius 1 is 1.42 bits per heavy atom. The van der Waals surface area contributed by atoms with Crippen LogP contribution in [0.15, 0.2) is 30.3 Å². The monoisotopic (exact) mass is 184 g/mol. The normalized spacial score (nSPS) is 9.42. The van der Waals surface area contributed by atoms with E-state index in [4.69, 9.17) is 17.5 Å². The zero-order chi connectivity index (χ0) is 8.97. The number of primary amides is 1. The second kappa shape index (κ2) is 3.97. The lowest BCUT2D eigenvalue weighted by Crippen LogP contribution is -2.26. The van der Waals surface area contributed by atoms with Gasteiger partial charge in [-0.25, -0.2) is 9.21 Å². The summed E-state index contributed by atoms with van der Waals surface area (Å²) < 4.78 is 0.940. The fourth-order valence-corrected chi connectivity index (χ4v) is 0.960. The second-order valence-electron chi connectivity index (χ2n) is 2.34. The molecule has 0 aromatic heterocycles. The van der Waals surface area contributed by atoms with E-state index in [2.05, 4.69) is 0 Å². The van der Waals surface area contributed by atoms with Gasteiger partial charge in [0.2, 0.25) is 0 Å². The number of hydrogen-bond acceptors (Lipinski definition) is 1. The molecule has 0 heterocycles. The van der Waals surface area contributed by atoms with Crippen LogP contribution in [0.4, 0.5) is 4.79 Å². The molecule has 12 heavy (non-hydrogen) atoms. The summed E-state index contributed by atoms with van der Waals surface area (Å²) >= 11 is 5.51. The van der Waals surface area contributed by atoms with E-state index < -0.39 is 6.03 Å². The van der Waals surface area contributed by atoms with Gasteiger partial charge in [0.1, 0.15) is 0 Å². The van der Waals surface area contributed by atoms with Gasteiger partial charge in [-0.15, -0.1) is 0 Å². The minimum Gasteiger partial charge on any atom is -0.350 e. The molecule has 1 aromatic rings. The SMILES string of the molecule is NC(=O)N(Cl)Cc1ccccc1. The van der Waals surface area contributed by atoms with E-state index in [9.17, 15) is 4.79 Å². The topological polar surface area (TPSA) is 46.3 Å². The Hall–Kier alpha value is -1.22. The summed E-state index contributed by atoms with van der Waals surface area (Å²) in [6.45, 7) is 0.331. The summed E-state index contributed by atoms with van der Waals surface area (Å²) in [7, 11) is 0. The minimum absolute atomic E-state index is 0.331. The van der Waals surface area contributed by atoms with Gasteiger partial charge in [-0.3, -0.25) is 0 Å². The predicted octanol–water partition coefficient (Wildman–Crippen LogP) is 1.72. The maximum atomic E-state index is 10.5. The Morgan fingerprint density at radius 2 is 2.00 bits per heavy atom. The molecule has 0 saturated carbocycles. The van der Waals surface area contributed by atoms with Gasteiger partial charge in [0, 0.05) is 11.8 Å². The zero-order valence-corrected chi connectivity index (χ0v) is 7.16. The quantitative estimate of drug-likeness (QED) is 0.699. The van der Waals surface area contributed by atoms with Crippen molar-refractivity contribution in [3.63, 3.8) is 0 Å². The van der Waals surface area contributed by atoms with Crippen LogP contribution in [0.2, 0.25) is 0 Å². The third kappa shape index (κ3) is 2.43. The smallest absolute Gasteiger partial charge is 0.329 e. The number of carbonyl (C=O) groups is 1. The maximum absolute atomic E-state index is 10.5. The molecule has 0 bridgehead atoms. The molecule has 0 radical (unpaired) electrons. The van der Waals surface area contributed by atoms with Crippen molar-refractivity contribution in [3.05, 3.63) is 35.9 Å². The second-order valence-corrected chi connectivity index (χ2v) is 2.75. The van der Waals surface area contributed by atoms with E-state index >= 15 is 0 Å². The van der Waals surface area contributed by atoms with Crippen molar-refractivity contribution in [2.75, 3.05) is 0 Å². The first kappa shape index (κ1) is 8.87. The molecular formula is C8H9ClN2O. The van der Waals surface area contributed by atoms with Crippen molar-refractivity contribution in [3.8, 4) is 0 Å². The molecule has 0 spiro atoms. The van der Waals surface area contributed by atoms with Crippen LogP contribution in [0.25, 0.3) is 0 Å². The molecule has 0 aliphatic rings. The van der Waals surface area contributed by atoms with Crippen molar-refractivity contribution in [1.29, 1.82) is 0 Å². The van der Waals surface area contributed by atoms with Gasteiger partial charge in [-0.05, 0) is 5.56 Å². The molecule has 0 saturated heterocycles. The van der Waals surface area contributed by atoms with Crippen LogP contribution in [-0.2, 0) is 6.54 Å². The first-order valence-corrected chi connectivity index (χ1v) is 3.80. The third-order valence-electron chi connectivity index (χ3n) is 1.40. The highest BCUT2D eigenvalue weighted by atomic mass is 35.5. The number of halogens is 1. The Kier molecular flexibility index (Phi) is 2.94. The third-order valence-corrected chi connectivity index (χ3v) is 1.69. The Labute approximate surface area is 75.8 Å². The number of rotatable bonds is 2. The average molecular weight is 185 g/mol.